The van der Waals surface area contributed by atoms with Crippen LogP contribution in [0.3, 0.4) is 0 Å². The predicted octanol–water partition coefficient (Wildman–Crippen LogP) is 0.0162. The molecule has 1 unspecified atom stereocenters. The van der Waals surface area contributed by atoms with Gasteiger partial charge >= 0.3 is 0 Å². The average Bonchev–Trinajstić information content (AvgIpc) is 2.24. The molecule has 1 atom stereocenters. The molecule has 0 saturated carbocycles. The van der Waals surface area contributed by atoms with Crippen LogP contribution < -0.4 is 10.6 Å². The van der Waals surface area contributed by atoms with Gasteiger partial charge in [0.15, 0.2) is 0 Å². The summed E-state index contributed by atoms with van der Waals surface area (Å²) in [5, 5.41) is 6.02. The molecule has 4 heteroatoms. The van der Waals surface area contributed by atoms with Crippen LogP contribution >= 0.6 is 0 Å². The molecule has 2 heterocycles. The van der Waals surface area contributed by atoms with E-state index in [1.807, 2.05) is 25.1 Å². The molecule has 1 amide bonds. The molecule has 0 aromatic carbocycles. The Morgan fingerprint density at radius 2 is 2.29 bits per heavy atom. The van der Waals surface area contributed by atoms with Crippen LogP contribution in [0.5, 0.6) is 0 Å². The molecule has 14 heavy (non-hydrogen) atoms. The normalized spacial score (nSPS) is 27.1. The Balaban J connectivity index is 2.35. The molecule has 2 N–H and O–H groups in total. The summed E-state index contributed by atoms with van der Waals surface area (Å²) < 4.78 is 0. The van der Waals surface area contributed by atoms with Gasteiger partial charge < -0.3 is 5.32 Å². The highest BCUT2D eigenvalue weighted by atomic mass is 16.2. The van der Waals surface area contributed by atoms with Crippen LogP contribution in [-0.2, 0) is 10.3 Å². The molecule has 0 bridgehead atoms. The highest BCUT2D eigenvalue weighted by Crippen LogP contribution is 2.19. The van der Waals surface area contributed by atoms with Crippen LogP contribution in [0.1, 0.15) is 12.6 Å². The van der Waals surface area contributed by atoms with Crippen LogP contribution in [0.4, 0.5) is 0 Å². The summed E-state index contributed by atoms with van der Waals surface area (Å²) in [6.07, 6.45) is 1.70. The molecule has 1 aromatic rings. The standard InChI is InChI=1S/C10H13N3O/c1-10(8-4-2-3-5-11-8)9(14)12-6-7-13-10/h2-5,13H,6-7H2,1H3,(H,12,14). The molecule has 74 valence electrons. The summed E-state index contributed by atoms with van der Waals surface area (Å²) in [7, 11) is 0. The van der Waals surface area contributed by atoms with E-state index in [9.17, 15) is 4.79 Å². The highest BCUT2D eigenvalue weighted by molar-refractivity contribution is 5.87. The zero-order valence-electron chi connectivity index (χ0n) is 8.08. The van der Waals surface area contributed by atoms with E-state index in [1.54, 1.807) is 6.20 Å². The minimum Gasteiger partial charge on any atom is -0.353 e. The fraction of sp³-hybridized carbons (Fsp3) is 0.400. The van der Waals surface area contributed by atoms with E-state index >= 15 is 0 Å². The Bertz CT molecular complexity index is 338. The van der Waals surface area contributed by atoms with Crippen LogP contribution in [0.15, 0.2) is 24.4 Å². The highest BCUT2D eigenvalue weighted by Gasteiger charge is 2.37. The average molecular weight is 191 g/mol. The minimum absolute atomic E-state index is 0.0116. The molecule has 1 aliphatic rings. The van der Waals surface area contributed by atoms with Gasteiger partial charge in [0.2, 0.25) is 5.91 Å². The van der Waals surface area contributed by atoms with Gasteiger partial charge in [0, 0.05) is 19.3 Å². The molecular formula is C10H13N3O. The Labute approximate surface area is 82.7 Å². The molecule has 0 aliphatic carbocycles. The number of pyridine rings is 1. The van der Waals surface area contributed by atoms with Crippen molar-refractivity contribution in [1.82, 2.24) is 15.6 Å². The first kappa shape index (κ1) is 9.15. The number of hydrogen-bond donors (Lipinski definition) is 2. The van der Waals surface area contributed by atoms with Crippen LogP contribution in [-0.4, -0.2) is 24.0 Å². The third-order valence-corrected chi connectivity index (χ3v) is 2.52. The molecule has 0 radical (unpaired) electrons. The van der Waals surface area contributed by atoms with E-state index < -0.39 is 5.54 Å². The molecule has 1 aromatic heterocycles. The fourth-order valence-electron chi connectivity index (χ4n) is 1.61. The van der Waals surface area contributed by atoms with Crippen molar-refractivity contribution in [3.63, 3.8) is 0 Å². The second kappa shape index (κ2) is 3.38. The Morgan fingerprint density at radius 1 is 1.43 bits per heavy atom. The number of carbonyl (C=O) groups excluding carboxylic acids is 1. The molecule has 0 spiro atoms. The van der Waals surface area contributed by atoms with E-state index in [4.69, 9.17) is 0 Å². The summed E-state index contributed by atoms with van der Waals surface area (Å²) in [6, 6.07) is 5.59. The second-order valence-corrected chi connectivity index (χ2v) is 3.52. The maximum Gasteiger partial charge on any atom is 0.246 e. The van der Waals surface area contributed by atoms with Gasteiger partial charge in [0.05, 0.1) is 5.69 Å². The summed E-state index contributed by atoms with van der Waals surface area (Å²) in [6.45, 7) is 3.31. The fourth-order valence-corrected chi connectivity index (χ4v) is 1.61. The Kier molecular flexibility index (Phi) is 2.21. The number of rotatable bonds is 1. The Hall–Kier alpha value is -1.42. The van der Waals surface area contributed by atoms with E-state index in [-0.39, 0.29) is 5.91 Å². The number of hydrogen-bond acceptors (Lipinski definition) is 3. The quantitative estimate of drug-likeness (QED) is 0.657. The largest absolute Gasteiger partial charge is 0.353 e. The first-order chi connectivity index (χ1) is 6.73. The van der Waals surface area contributed by atoms with E-state index in [0.29, 0.717) is 6.54 Å². The molecule has 1 fully saturated rings. The summed E-state index contributed by atoms with van der Waals surface area (Å²) in [5.74, 6) is -0.0116. The predicted molar refractivity (Wildman–Crippen MR) is 52.6 cm³/mol. The van der Waals surface area contributed by atoms with Crippen LogP contribution in [0, 0.1) is 0 Å². The topological polar surface area (TPSA) is 54.0 Å². The summed E-state index contributed by atoms with van der Waals surface area (Å²) >= 11 is 0. The van der Waals surface area contributed by atoms with Gasteiger partial charge in [-0.3, -0.25) is 15.1 Å². The van der Waals surface area contributed by atoms with Gasteiger partial charge in [0.1, 0.15) is 5.54 Å². The van der Waals surface area contributed by atoms with E-state index in [1.165, 1.54) is 0 Å². The number of amides is 1. The lowest BCUT2D eigenvalue weighted by atomic mass is 9.94. The second-order valence-electron chi connectivity index (χ2n) is 3.52. The van der Waals surface area contributed by atoms with Gasteiger partial charge in [-0.15, -0.1) is 0 Å². The Morgan fingerprint density at radius 3 is 2.93 bits per heavy atom. The number of piperazine rings is 1. The summed E-state index contributed by atoms with van der Waals surface area (Å²) in [5.41, 5.74) is 0.0803. The van der Waals surface area contributed by atoms with Crippen molar-refractivity contribution in [2.24, 2.45) is 0 Å². The lowest BCUT2D eigenvalue weighted by Crippen LogP contribution is -2.59. The minimum atomic E-state index is -0.681. The lowest BCUT2D eigenvalue weighted by molar-refractivity contribution is -0.129. The van der Waals surface area contributed by atoms with E-state index in [2.05, 4.69) is 15.6 Å². The van der Waals surface area contributed by atoms with Gasteiger partial charge in [-0.2, -0.15) is 0 Å². The molecule has 4 nitrogen and oxygen atoms in total. The van der Waals surface area contributed by atoms with Gasteiger partial charge in [0.25, 0.3) is 0 Å². The van der Waals surface area contributed by atoms with Crippen molar-refractivity contribution in [3.05, 3.63) is 30.1 Å². The van der Waals surface area contributed by atoms with Crippen molar-refractivity contribution in [1.29, 1.82) is 0 Å². The first-order valence-corrected chi connectivity index (χ1v) is 4.68. The molecular weight excluding hydrogens is 178 g/mol. The van der Waals surface area contributed by atoms with Crippen molar-refractivity contribution < 1.29 is 4.79 Å². The molecule has 1 aliphatic heterocycles. The zero-order chi connectivity index (χ0) is 10.0. The maximum atomic E-state index is 11.7. The van der Waals surface area contributed by atoms with Gasteiger partial charge in [-0.1, -0.05) is 6.07 Å². The van der Waals surface area contributed by atoms with Gasteiger partial charge in [-0.25, -0.2) is 0 Å². The SMILES string of the molecule is CC1(c2ccccn2)NCCNC1=O. The van der Waals surface area contributed by atoms with Crippen LogP contribution in [0.2, 0.25) is 0 Å². The number of nitrogens with zero attached hydrogens (tertiary/aromatic N) is 1. The number of aromatic nitrogens is 1. The zero-order valence-corrected chi connectivity index (χ0v) is 8.08. The number of carbonyl (C=O) groups is 1. The maximum absolute atomic E-state index is 11.7. The smallest absolute Gasteiger partial charge is 0.246 e. The van der Waals surface area contributed by atoms with Crippen molar-refractivity contribution in [3.8, 4) is 0 Å². The van der Waals surface area contributed by atoms with Gasteiger partial charge in [-0.05, 0) is 19.1 Å². The molecule has 1 saturated heterocycles. The lowest BCUT2D eigenvalue weighted by Gasteiger charge is -2.33. The third-order valence-electron chi connectivity index (χ3n) is 2.52. The monoisotopic (exact) mass is 191 g/mol. The van der Waals surface area contributed by atoms with Crippen molar-refractivity contribution >= 4 is 5.91 Å². The number of nitrogens with one attached hydrogen (secondary N) is 2. The molecule has 2 rings (SSSR count). The summed E-state index contributed by atoms with van der Waals surface area (Å²) in [4.78, 5) is 15.9. The van der Waals surface area contributed by atoms with Crippen LogP contribution in [0.25, 0.3) is 0 Å². The van der Waals surface area contributed by atoms with E-state index in [0.717, 1.165) is 12.2 Å². The van der Waals surface area contributed by atoms with Crippen molar-refractivity contribution in [2.45, 2.75) is 12.5 Å². The first-order valence-electron chi connectivity index (χ1n) is 4.68. The van der Waals surface area contributed by atoms with Crippen molar-refractivity contribution in [2.75, 3.05) is 13.1 Å². The third kappa shape index (κ3) is 1.37.